The lowest BCUT2D eigenvalue weighted by Gasteiger charge is -2.35. The first-order valence-corrected chi connectivity index (χ1v) is 10.1. The number of benzene rings is 2. The summed E-state index contributed by atoms with van der Waals surface area (Å²) in [6.07, 6.45) is -3.73. The highest BCUT2D eigenvalue weighted by Gasteiger charge is 2.47. The highest BCUT2D eigenvalue weighted by atomic mass is 19.4. The molecule has 0 saturated carbocycles. The Morgan fingerprint density at radius 2 is 1.74 bits per heavy atom. The molecule has 1 aliphatic heterocycles. The summed E-state index contributed by atoms with van der Waals surface area (Å²) in [5.74, 6) is -6.07. The molecular weight excluding hydrogens is 477 g/mol. The zero-order valence-electron chi connectivity index (χ0n) is 18.5. The van der Waals surface area contributed by atoms with Crippen molar-refractivity contribution in [2.24, 2.45) is 22.4 Å². The van der Waals surface area contributed by atoms with Gasteiger partial charge in [0.25, 0.3) is 5.91 Å². The lowest BCUT2D eigenvalue weighted by atomic mass is 9.75. The van der Waals surface area contributed by atoms with Crippen LogP contribution in [0.5, 0.6) is 11.5 Å². The van der Waals surface area contributed by atoms with Gasteiger partial charge in [-0.25, -0.2) is 8.78 Å². The van der Waals surface area contributed by atoms with Crippen LogP contribution in [0.2, 0.25) is 0 Å². The van der Waals surface area contributed by atoms with E-state index in [1.54, 1.807) is 13.8 Å². The van der Waals surface area contributed by atoms with Crippen LogP contribution >= 0.6 is 0 Å². The maximum atomic E-state index is 14.3. The number of primary amides is 2. The van der Waals surface area contributed by atoms with E-state index in [1.165, 1.54) is 12.1 Å². The number of hydrogen-bond acceptors (Lipinski definition) is 5. The molecule has 2 amide bonds. The van der Waals surface area contributed by atoms with Crippen LogP contribution in [0.4, 0.5) is 22.0 Å². The number of allylic oxidation sites excluding steroid dienone is 1. The summed E-state index contributed by atoms with van der Waals surface area (Å²) in [5, 5.41) is 0. The van der Waals surface area contributed by atoms with Crippen molar-refractivity contribution in [3.63, 3.8) is 0 Å². The number of hydrogen-bond donors (Lipinski definition) is 2. The molecule has 1 heterocycles. The highest BCUT2D eigenvalue weighted by Crippen LogP contribution is 2.39. The van der Waals surface area contributed by atoms with Crippen LogP contribution in [0.1, 0.15) is 29.8 Å². The highest BCUT2D eigenvalue weighted by molar-refractivity contribution is 6.02. The van der Waals surface area contributed by atoms with Gasteiger partial charge in [0.15, 0.2) is 17.0 Å². The maximum Gasteiger partial charge on any atom is 0.573 e. The topological polar surface area (TPSA) is 117 Å². The molecule has 0 saturated heterocycles. The molecule has 0 aromatic heterocycles. The van der Waals surface area contributed by atoms with Gasteiger partial charge in [-0.05, 0) is 41.8 Å². The van der Waals surface area contributed by atoms with Crippen molar-refractivity contribution in [1.82, 2.24) is 0 Å². The number of nitrogens with zero attached hydrogens (tertiary/aromatic N) is 1. The molecule has 3 rings (SSSR count). The van der Waals surface area contributed by atoms with Crippen molar-refractivity contribution < 1.29 is 41.0 Å². The number of halogens is 5. The smallest absolute Gasteiger partial charge is 0.460 e. The maximum absolute atomic E-state index is 14.3. The van der Waals surface area contributed by atoms with E-state index < -0.39 is 46.5 Å². The van der Waals surface area contributed by atoms with Crippen LogP contribution in [0, 0.1) is 17.6 Å². The summed E-state index contributed by atoms with van der Waals surface area (Å²) in [4.78, 5) is 28.8. The van der Waals surface area contributed by atoms with E-state index >= 15 is 0 Å². The summed E-state index contributed by atoms with van der Waals surface area (Å²) >= 11 is 0. The zero-order valence-corrected chi connectivity index (χ0v) is 18.5. The minimum Gasteiger partial charge on any atom is -0.460 e. The molecule has 0 bridgehead atoms. The summed E-state index contributed by atoms with van der Waals surface area (Å²) < 4.78 is 75.1. The number of carbonyl (C=O) groups excluding carboxylic acids is 2. The normalized spacial score (nSPS) is 18.1. The second-order valence-corrected chi connectivity index (χ2v) is 7.97. The van der Waals surface area contributed by atoms with Gasteiger partial charge in [0.1, 0.15) is 17.3 Å². The Morgan fingerprint density at radius 3 is 2.29 bits per heavy atom. The van der Waals surface area contributed by atoms with Crippen molar-refractivity contribution in [3.05, 3.63) is 71.0 Å². The zero-order chi connectivity index (χ0) is 26.1. The lowest BCUT2D eigenvalue weighted by Crippen LogP contribution is -2.49. The average Bonchev–Trinajstić information content (AvgIpc) is 2.75. The Balaban J connectivity index is 2.13. The van der Waals surface area contributed by atoms with Gasteiger partial charge in [-0.2, -0.15) is 0 Å². The van der Waals surface area contributed by atoms with Gasteiger partial charge >= 0.3 is 6.36 Å². The van der Waals surface area contributed by atoms with Gasteiger partial charge in [-0.15, -0.1) is 13.2 Å². The van der Waals surface area contributed by atoms with Crippen molar-refractivity contribution in [3.8, 4) is 11.5 Å². The minimum absolute atomic E-state index is 0.0236. The van der Waals surface area contributed by atoms with Crippen molar-refractivity contribution in [2.75, 3.05) is 6.54 Å². The van der Waals surface area contributed by atoms with Crippen LogP contribution in [-0.4, -0.2) is 30.4 Å². The Bertz CT molecular complexity index is 1240. The first-order chi connectivity index (χ1) is 16.2. The van der Waals surface area contributed by atoms with Gasteiger partial charge in [0.2, 0.25) is 5.91 Å². The van der Waals surface area contributed by atoms with E-state index in [4.69, 9.17) is 16.2 Å². The molecule has 7 nitrogen and oxygen atoms in total. The molecule has 1 unspecified atom stereocenters. The quantitative estimate of drug-likeness (QED) is 0.567. The second-order valence-electron chi connectivity index (χ2n) is 7.97. The van der Waals surface area contributed by atoms with Crippen LogP contribution in [-0.2, 0) is 10.2 Å². The van der Waals surface area contributed by atoms with Crippen molar-refractivity contribution in [1.29, 1.82) is 0 Å². The first-order valence-electron chi connectivity index (χ1n) is 10.1. The molecule has 1 aliphatic rings. The molecule has 35 heavy (non-hydrogen) atoms. The van der Waals surface area contributed by atoms with Gasteiger partial charge in [0, 0.05) is 11.8 Å². The third kappa shape index (κ3) is 5.26. The predicted octanol–water partition coefficient (Wildman–Crippen LogP) is 3.76. The number of ether oxygens (including phenoxy) is 2. The van der Waals surface area contributed by atoms with Gasteiger partial charge in [-0.3, -0.25) is 14.6 Å². The fourth-order valence-corrected chi connectivity index (χ4v) is 3.49. The largest absolute Gasteiger partial charge is 0.573 e. The molecule has 4 N–H and O–H groups in total. The van der Waals surface area contributed by atoms with E-state index in [1.807, 2.05) is 0 Å². The number of carbonyl (C=O) groups is 2. The molecular formula is C23H20F5N3O4. The third-order valence-electron chi connectivity index (χ3n) is 5.29. The summed E-state index contributed by atoms with van der Waals surface area (Å²) in [6, 6.07) is 5.48. The lowest BCUT2D eigenvalue weighted by molar-refractivity contribution is -0.275. The third-order valence-corrected chi connectivity index (χ3v) is 5.29. The van der Waals surface area contributed by atoms with Gasteiger partial charge in [0.05, 0.1) is 12.1 Å². The number of amides is 2. The Hall–Kier alpha value is -3.96. The Kier molecular flexibility index (Phi) is 6.86. The Morgan fingerprint density at radius 1 is 1.06 bits per heavy atom. The van der Waals surface area contributed by atoms with E-state index in [0.717, 1.165) is 18.2 Å². The molecule has 2 aromatic rings. The number of rotatable bonds is 7. The first kappa shape index (κ1) is 25.7. The summed E-state index contributed by atoms with van der Waals surface area (Å²) in [5.41, 5.74) is 9.08. The molecule has 1 atom stereocenters. The van der Waals surface area contributed by atoms with Crippen LogP contribution in [0.15, 0.2) is 53.2 Å². The number of alkyl halides is 3. The van der Waals surface area contributed by atoms with Gasteiger partial charge in [-0.1, -0.05) is 19.9 Å². The predicted molar refractivity (Wildman–Crippen MR) is 115 cm³/mol. The monoisotopic (exact) mass is 497 g/mol. The average molecular weight is 497 g/mol. The molecule has 186 valence electrons. The molecule has 0 aliphatic carbocycles. The minimum atomic E-state index is -5.11. The van der Waals surface area contributed by atoms with E-state index in [0.29, 0.717) is 17.8 Å². The van der Waals surface area contributed by atoms with Crippen LogP contribution in [0.25, 0.3) is 0 Å². The molecule has 2 aromatic carbocycles. The molecule has 0 spiro atoms. The van der Waals surface area contributed by atoms with Gasteiger partial charge < -0.3 is 20.9 Å². The van der Waals surface area contributed by atoms with Crippen LogP contribution < -0.4 is 20.9 Å². The van der Waals surface area contributed by atoms with Crippen molar-refractivity contribution >= 4 is 17.5 Å². The molecule has 0 fully saturated rings. The van der Waals surface area contributed by atoms with Crippen LogP contribution in [0.3, 0.4) is 0 Å². The number of aliphatic imine (C=N–C) groups is 1. The number of nitrogens with two attached hydrogens (primary N) is 2. The second kappa shape index (κ2) is 9.35. The van der Waals surface area contributed by atoms with E-state index in [9.17, 15) is 31.5 Å². The van der Waals surface area contributed by atoms with E-state index in [-0.39, 0.29) is 29.5 Å². The fourth-order valence-electron chi connectivity index (χ4n) is 3.49. The fraction of sp³-hybridized carbons (Fsp3) is 0.261. The summed E-state index contributed by atoms with van der Waals surface area (Å²) in [6.45, 7) is 3.30. The standard InChI is InChI=1S/C23H20F5N3O4/c1-11(2)17-9-19(34-13-4-6-18(16(25)8-13)35-23(26,27)28)22(10-31-17,21(30)33)12-3-5-15(24)14(7-12)20(29)32/h3-9,11H,10H2,1-2H3,(H2,29,32)(H2,30,33). The molecule has 0 radical (unpaired) electrons. The van der Waals surface area contributed by atoms with Crippen molar-refractivity contribution in [2.45, 2.75) is 25.6 Å². The molecule has 12 heteroatoms. The summed E-state index contributed by atoms with van der Waals surface area (Å²) in [7, 11) is 0. The SMILES string of the molecule is CC(C)C1=NCC(C(N)=O)(c2ccc(F)c(C(N)=O)c2)C(Oc2ccc(OC(F)(F)F)c(F)c2)=C1. The Labute approximate surface area is 196 Å². The van der Waals surface area contributed by atoms with E-state index in [2.05, 4.69) is 9.73 Å². The number of dihydropyridines is 1.